The van der Waals surface area contributed by atoms with Crippen molar-refractivity contribution >= 4 is 11.7 Å². The maximum atomic E-state index is 12.6. The summed E-state index contributed by atoms with van der Waals surface area (Å²) in [6, 6.07) is 2.41. The molecule has 0 spiro atoms. The van der Waals surface area contributed by atoms with Gasteiger partial charge in [0, 0.05) is 11.9 Å². The van der Waals surface area contributed by atoms with Gasteiger partial charge in [-0.15, -0.1) is 0 Å². The smallest absolute Gasteiger partial charge is 0.411 e. The number of pyridine rings is 1. The molecule has 1 aromatic heterocycles. The molecule has 1 heterocycles. The van der Waals surface area contributed by atoms with Crippen molar-refractivity contribution < 1.29 is 23.1 Å². The normalized spacial score (nSPS) is 17.6. The molecule has 0 atom stereocenters. The summed E-state index contributed by atoms with van der Waals surface area (Å²) in [7, 11) is 0. The molecule has 17 heavy (non-hydrogen) atoms. The zero-order valence-corrected chi connectivity index (χ0v) is 8.58. The third-order valence-corrected chi connectivity index (χ3v) is 2.66. The SMILES string of the molecule is O=C(O)c1cc(NC2(C(F)(F)F)CC2)ccn1. The van der Waals surface area contributed by atoms with Crippen molar-refractivity contribution in [2.24, 2.45) is 0 Å². The third-order valence-electron chi connectivity index (χ3n) is 2.66. The number of carbonyl (C=O) groups is 1. The predicted octanol–water partition coefficient (Wildman–Crippen LogP) is 2.29. The minimum Gasteiger partial charge on any atom is -0.477 e. The fourth-order valence-corrected chi connectivity index (χ4v) is 1.51. The first-order valence-electron chi connectivity index (χ1n) is 4.88. The van der Waals surface area contributed by atoms with E-state index in [1.54, 1.807) is 0 Å². The van der Waals surface area contributed by atoms with Crippen molar-refractivity contribution in [2.75, 3.05) is 5.32 Å². The van der Waals surface area contributed by atoms with Crippen LogP contribution < -0.4 is 5.32 Å². The number of carboxylic acid groups (broad SMARTS) is 1. The van der Waals surface area contributed by atoms with Crippen LogP contribution in [-0.4, -0.2) is 27.8 Å². The first kappa shape index (κ1) is 11.7. The number of hydrogen-bond donors (Lipinski definition) is 2. The van der Waals surface area contributed by atoms with Crippen LogP contribution in [0.3, 0.4) is 0 Å². The van der Waals surface area contributed by atoms with Crippen LogP contribution in [0.1, 0.15) is 23.3 Å². The maximum absolute atomic E-state index is 12.6. The number of alkyl halides is 3. The average molecular weight is 246 g/mol. The Morgan fingerprint density at radius 1 is 1.47 bits per heavy atom. The molecular formula is C10H9F3N2O2. The number of aromatic nitrogens is 1. The van der Waals surface area contributed by atoms with Crippen LogP contribution in [0.25, 0.3) is 0 Å². The van der Waals surface area contributed by atoms with Crippen molar-refractivity contribution in [1.29, 1.82) is 0 Å². The van der Waals surface area contributed by atoms with Crippen molar-refractivity contribution in [2.45, 2.75) is 24.6 Å². The second kappa shape index (κ2) is 3.61. The van der Waals surface area contributed by atoms with Crippen LogP contribution >= 0.6 is 0 Å². The van der Waals surface area contributed by atoms with E-state index in [4.69, 9.17) is 5.11 Å². The van der Waals surface area contributed by atoms with E-state index in [1.165, 1.54) is 6.07 Å². The van der Waals surface area contributed by atoms with Gasteiger partial charge in [-0.05, 0) is 25.0 Å². The Morgan fingerprint density at radius 3 is 2.59 bits per heavy atom. The number of carboxylic acids is 1. The number of nitrogens with zero attached hydrogens (tertiary/aromatic N) is 1. The topological polar surface area (TPSA) is 62.2 Å². The molecule has 1 aliphatic rings. The molecule has 0 aromatic carbocycles. The highest BCUT2D eigenvalue weighted by Crippen LogP contribution is 2.51. The van der Waals surface area contributed by atoms with Gasteiger partial charge in [-0.2, -0.15) is 13.2 Å². The van der Waals surface area contributed by atoms with Crippen LogP contribution in [0.15, 0.2) is 18.3 Å². The van der Waals surface area contributed by atoms with Crippen molar-refractivity contribution in [3.05, 3.63) is 24.0 Å². The van der Waals surface area contributed by atoms with Crippen molar-refractivity contribution in [3.63, 3.8) is 0 Å². The summed E-state index contributed by atoms with van der Waals surface area (Å²) in [5.74, 6) is -1.27. The minimum absolute atomic E-state index is 0.00122. The lowest BCUT2D eigenvalue weighted by Crippen LogP contribution is -2.38. The van der Waals surface area contributed by atoms with Gasteiger partial charge < -0.3 is 10.4 Å². The molecule has 92 valence electrons. The molecule has 2 N–H and O–H groups in total. The average Bonchev–Trinajstić information content (AvgIpc) is 2.98. The molecule has 4 nitrogen and oxygen atoms in total. The molecule has 0 saturated heterocycles. The molecule has 1 aliphatic carbocycles. The molecular weight excluding hydrogens is 237 g/mol. The predicted molar refractivity (Wildman–Crippen MR) is 52.8 cm³/mol. The van der Waals surface area contributed by atoms with Crippen LogP contribution in [0.5, 0.6) is 0 Å². The monoisotopic (exact) mass is 246 g/mol. The van der Waals surface area contributed by atoms with Crippen LogP contribution in [0, 0.1) is 0 Å². The van der Waals surface area contributed by atoms with E-state index in [-0.39, 0.29) is 24.2 Å². The van der Waals surface area contributed by atoms with Crippen molar-refractivity contribution in [1.82, 2.24) is 4.98 Å². The Labute approximate surface area is 94.5 Å². The highest BCUT2D eigenvalue weighted by Gasteiger charge is 2.63. The molecule has 1 saturated carbocycles. The van der Waals surface area contributed by atoms with Gasteiger partial charge in [0.25, 0.3) is 0 Å². The summed E-state index contributed by atoms with van der Waals surface area (Å²) in [5, 5.41) is 11.0. The molecule has 0 bridgehead atoms. The van der Waals surface area contributed by atoms with Crippen LogP contribution in [-0.2, 0) is 0 Å². The molecule has 1 aromatic rings. The third kappa shape index (κ3) is 2.17. The fourth-order valence-electron chi connectivity index (χ4n) is 1.51. The largest absolute Gasteiger partial charge is 0.477 e. The van der Waals surface area contributed by atoms with Crippen LogP contribution in [0.4, 0.5) is 18.9 Å². The number of anilines is 1. The van der Waals surface area contributed by atoms with E-state index in [9.17, 15) is 18.0 Å². The van der Waals surface area contributed by atoms with Gasteiger partial charge in [-0.25, -0.2) is 9.78 Å². The summed E-state index contributed by atoms with van der Waals surface area (Å²) in [5.41, 5.74) is -2.07. The zero-order chi connectivity index (χ0) is 12.7. The summed E-state index contributed by atoms with van der Waals surface area (Å²) >= 11 is 0. The molecule has 0 radical (unpaired) electrons. The highest BCUT2D eigenvalue weighted by atomic mass is 19.4. The van der Waals surface area contributed by atoms with Crippen molar-refractivity contribution in [3.8, 4) is 0 Å². The van der Waals surface area contributed by atoms with Gasteiger partial charge in [0.2, 0.25) is 0 Å². The second-order valence-corrected chi connectivity index (χ2v) is 3.94. The first-order valence-corrected chi connectivity index (χ1v) is 4.88. The van der Waals surface area contributed by atoms with E-state index in [2.05, 4.69) is 10.3 Å². The first-order chi connectivity index (χ1) is 7.84. The van der Waals surface area contributed by atoms with Gasteiger partial charge in [0.05, 0.1) is 0 Å². The number of hydrogen-bond acceptors (Lipinski definition) is 3. The Kier molecular flexibility index (Phi) is 2.48. The Bertz CT molecular complexity index is 455. The summed E-state index contributed by atoms with van der Waals surface area (Å²) in [4.78, 5) is 14.1. The van der Waals surface area contributed by atoms with Gasteiger partial charge in [0.1, 0.15) is 11.2 Å². The number of rotatable bonds is 3. The van der Waals surface area contributed by atoms with E-state index in [1.807, 2.05) is 0 Å². The summed E-state index contributed by atoms with van der Waals surface area (Å²) < 4.78 is 37.9. The number of halogens is 3. The molecule has 0 unspecified atom stereocenters. The molecule has 0 amide bonds. The molecule has 1 fully saturated rings. The van der Waals surface area contributed by atoms with Gasteiger partial charge >= 0.3 is 12.1 Å². The minimum atomic E-state index is -4.33. The molecule has 7 heteroatoms. The number of nitrogens with one attached hydrogen (secondary N) is 1. The van der Waals surface area contributed by atoms with E-state index in [0.29, 0.717) is 0 Å². The maximum Gasteiger partial charge on any atom is 0.411 e. The second-order valence-electron chi connectivity index (χ2n) is 3.94. The quantitative estimate of drug-likeness (QED) is 0.858. The lowest BCUT2D eigenvalue weighted by molar-refractivity contribution is -0.151. The lowest BCUT2D eigenvalue weighted by Gasteiger charge is -2.21. The van der Waals surface area contributed by atoms with Crippen LogP contribution in [0.2, 0.25) is 0 Å². The highest BCUT2D eigenvalue weighted by molar-refractivity contribution is 5.86. The summed E-state index contributed by atoms with van der Waals surface area (Å²) in [6.07, 6.45) is -3.17. The van der Waals surface area contributed by atoms with Gasteiger partial charge in [-0.3, -0.25) is 0 Å². The van der Waals surface area contributed by atoms with E-state index in [0.717, 1.165) is 12.3 Å². The Balaban J connectivity index is 2.20. The molecule has 0 aliphatic heterocycles. The van der Waals surface area contributed by atoms with E-state index < -0.39 is 17.7 Å². The van der Waals surface area contributed by atoms with Gasteiger partial charge in [0.15, 0.2) is 0 Å². The van der Waals surface area contributed by atoms with E-state index >= 15 is 0 Å². The Hall–Kier alpha value is -1.79. The Morgan fingerprint density at radius 2 is 2.12 bits per heavy atom. The summed E-state index contributed by atoms with van der Waals surface area (Å²) in [6.45, 7) is 0. The lowest BCUT2D eigenvalue weighted by atomic mass is 10.2. The standard InChI is InChI=1S/C10H9F3N2O2/c11-10(12,13)9(2-3-9)15-6-1-4-14-7(5-6)8(16)17/h1,4-5H,2-3H2,(H,14,15)(H,16,17). The fraction of sp³-hybridized carbons (Fsp3) is 0.400. The number of aromatic carboxylic acids is 1. The van der Waals surface area contributed by atoms with Gasteiger partial charge in [-0.1, -0.05) is 0 Å². The molecule has 2 rings (SSSR count). The zero-order valence-electron chi connectivity index (χ0n) is 8.58.